The number of anilines is 1. The van der Waals surface area contributed by atoms with E-state index in [4.69, 9.17) is 21.1 Å². The molecule has 6 heteroatoms. The van der Waals surface area contributed by atoms with Gasteiger partial charge in [-0.25, -0.2) is 0 Å². The highest BCUT2D eigenvalue weighted by Crippen LogP contribution is 2.37. The summed E-state index contributed by atoms with van der Waals surface area (Å²) in [6.45, 7) is 6.69. The fraction of sp³-hybridized carbons (Fsp3) is 0.273. The number of hydrogen-bond acceptors (Lipinski definition) is 4. The molecule has 0 spiro atoms. The lowest BCUT2D eigenvalue weighted by atomic mass is 10.1. The summed E-state index contributed by atoms with van der Waals surface area (Å²) in [6, 6.07) is 12.7. The Balaban J connectivity index is 2.33. The van der Waals surface area contributed by atoms with Crippen molar-refractivity contribution < 1.29 is 14.3 Å². The average Bonchev–Trinajstić information content (AvgIpc) is 2.67. The predicted octanol–water partition coefficient (Wildman–Crippen LogP) is 5.38. The third-order valence-corrected chi connectivity index (χ3v) is 4.13. The maximum atomic E-state index is 12.5. The van der Waals surface area contributed by atoms with Crippen LogP contribution in [-0.2, 0) is 4.79 Å². The van der Waals surface area contributed by atoms with Crippen LogP contribution in [0.25, 0.3) is 6.08 Å². The van der Waals surface area contributed by atoms with E-state index in [1.807, 2.05) is 45.0 Å². The van der Waals surface area contributed by atoms with Crippen LogP contribution in [0.5, 0.6) is 11.5 Å². The van der Waals surface area contributed by atoms with Gasteiger partial charge in [-0.2, -0.15) is 5.26 Å². The molecule has 0 atom stereocenters. The molecule has 5 nitrogen and oxygen atoms in total. The van der Waals surface area contributed by atoms with Crippen molar-refractivity contribution in [2.45, 2.75) is 27.2 Å². The summed E-state index contributed by atoms with van der Waals surface area (Å²) < 4.78 is 11.3. The summed E-state index contributed by atoms with van der Waals surface area (Å²) in [5, 5.41) is 12.6. The van der Waals surface area contributed by atoms with E-state index in [1.165, 1.54) is 6.08 Å². The molecular formula is C22H23ClN2O3. The molecule has 0 aliphatic heterocycles. The lowest BCUT2D eigenvalue weighted by Gasteiger charge is -2.14. The first-order chi connectivity index (χ1) is 13.5. The Morgan fingerprint density at radius 3 is 2.64 bits per heavy atom. The number of benzene rings is 2. The predicted molar refractivity (Wildman–Crippen MR) is 112 cm³/mol. The van der Waals surface area contributed by atoms with Crippen molar-refractivity contribution in [1.29, 1.82) is 5.26 Å². The fourth-order valence-corrected chi connectivity index (χ4v) is 2.77. The minimum absolute atomic E-state index is 0.0380. The van der Waals surface area contributed by atoms with Crippen molar-refractivity contribution in [3.63, 3.8) is 0 Å². The van der Waals surface area contributed by atoms with Gasteiger partial charge in [0.1, 0.15) is 11.6 Å². The molecule has 0 bridgehead atoms. The van der Waals surface area contributed by atoms with Crippen LogP contribution in [0.4, 0.5) is 5.69 Å². The third-order valence-electron chi connectivity index (χ3n) is 3.85. The first-order valence-corrected chi connectivity index (χ1v) is 9.45. The summed E-state index contributed by atoms with van der Waals surface area (Å²) >= 11 is 6.35. The van der Waals surface area contributed by atoms with E-state index in [2.05, 4.69) is 5.32 Å². The SMILES string of the molecule is CCCOc1c(Cl)cc(/C=C(\C#N)C(=O)Nc2ccccc2C)cc1OCC. The van der Waals surface area contributed by atoms with Gasteiger partial charge in [-0.05, 0) is 55.7 Å². The normalized spacial score (nSPS) is 10.9. The Hall–Kier alpha value is -2.97. The smallest absolute Gasteiger partial charge is 0.266 e. The van der Waals surface area contributed by atoms with Crippen molar-refractivity contribution in [2.75, 3.05) is 18.5 Å². The molecule has 0 fully saturated rings. The van der Waals surface area contributed by atoms with Gasteiger partial charge in [0.15, 0.2) is 11.5 Å². The van der Waals surface area contributed by atoms with Crippen LogP contribution in [0.3, 0.4) is 0 Å². The van der Waals surface area contributed by atoms with Crippen LogP contribution in [0.2, 0.25) is 5.02 Å². The number of halogens is 1. The van der Waals surface area contributed by atoms with E-state index >= 15 is 0 Å². The molecule has 0 radical (unpaired) electrons. The van der Waals surface area contributed by atoms with E-state index < -0.39 is 5.91 Å². The molecule has 0 unspecified atom stereocenters. The highest BCUT2D eigenvalue weighted by molar-refractivity contribution is 6.32. The van der Waals surface area contributed by atoms with Gasteiger partial charge in [-0.1, -0.05) is 36.7 Å². The topological polar surface area (TPSA) is 71.3 Å². The Kier molecular flexibility index (Phi) is 7.91. The number of nitriles is 1. The van der Waals surface area contributed by atoms with Crippen molar-refractivity contribution in [2.24, 2.45) is 0 Å². The van der Waals surface area contributed by atoms with Crippen molar-refractivity contribution in [3.8, 4) is 17.6 Å². The molecule has 1 amide bonds. The first-order valence-electron chi connectivity index (χ1n) is 9.08. The Morgan fingerprint density at radius 1 is 1.25 bits per heavy atom. The molecule has 2 rings (SSSR count). The maximum absolute atomic E-state index is 12.5. The molecule has 0 heterocycles. The number of ether oxygens (including phenoxy) is 2. The van der Waals surface area contributed by atoms with Crippen molar-refractivity contribution in [1.82, 2.24) is 0 Å². The second-order valence-electron chi connectivity index (χ2n) is 6.05. The van der Waals surface area contributed by atoms with Gasteiger partial charge in [0.25, 0.3) is 5.91 Å². The Morgan fingerprint density at radius 2 is 2.00 bits per heavy atom. The molecule has 0 saturated carbocycles. The Bertz CT molecular complexity index is 916. The number of carbonyl (C=O) groups excluding carboxylic acids is 1. The second-order valence-corrected chi connectivity index (χ2v) is 6.46. The van der Waals surface area contributed by atoms with Gasteiger partial charge in [0.05, 0.1) is 18.2 Å². The molecule has 2 aromatic carbocycles. The molecule has 1 N–H and O–H groups in total. The minimum Gasteiger partial charge on any atom is -0.490 e. The molecular weight excluding hydrogens is 376 g/mol. The van der Waals surface area contributed by atoms with Gasteiger partial charge in [0, 0.05) is 5.69 Å². The number of hydrogen-bond donors (Lipinski definition) is 1. The highest BCUT2D eigenvalue weighted by Gasteiger charge is 2.15. The molecule has 0 aliphatic rings. The van der Waals surface area contributed by atoms with Crippen molar-refractivity contribution >= 4 is 29.3 Å². The van der Waals surface area contributed by atoms with E-state index in [1.54, 1.807) is 18.2 Å². The lowest BCUT2D eigenvalue weighted by Crippen LogP contribution is -2.14. The third kappa shape index (κ3) is 5.51. The molecule has 0 aromatic heterocycles. The Labute approximate surface area is 170 Å². The average molecular weight is 399 g/mol. The summed E-state index contributed by atoms with van der Waals surface area (Å²) in [7, 11) is 0. The first kappa shape index (κ1) is 21.3. The monoisotopic (exact) mass is 398 g/mol. The number of nitrogens with one attached hydrogen (secondary N) is 1. The van der Waals surface area contributed by atoms with E-state index in [-0.39, 0.29) is 5.57 Å². The van der Waals surface area contributed by atoms with Gasteiger partial charge >= 0.3 is 0 Å². The molecule has 0 saturated heterocycles. The molecule has 146 valence electrons. The van der Waals surface area contributed by atoms with Gasteiger partial charge in [-0.15, -0.1) is 0 Å². The van der Waals surface area contributed by atoms with E-state index in [0.717, 1.165) is 12.0 Å². The van der Waals surface area contributed by atoms with Crippen LogP contribution in [0.1, 0.15) is 31.4 Å². The van der Waals surface area contributed by atoms with Crippen LogP contribution in [0.15, 0.2) is 42.0 Å². The number of nitrogens with zero attached hydrogens (tertiary/aromatic N) is 1. The minimum atomic E-state index is -0.489. The zero-order valence-corrected chi connectivity index (χ0v) is 17.0. The maximum Gasteiger partial charge on any atom is 0.266 e. The highest BCUT2D eigenvalue weighted by atomic mass is 35.5. The van der Waals surface area contributed by atoms with Crippen LogP contribution in [-0.4, -0.2) is 19.1 Å². The van der Waals surface area contributed by atoms with Gasteiger partial charge < -0.3 is 14.8 Å². The number of rotatable bonds is 8. The molecule has 2 aromatic rings. The summed E-state index contributed by atoms with van der Waals surface area (Å²) in [5.74, 6) is 0.453. The van der Waals surface area contributed by atoms with E-state index in [9.17, 15) is 10.1 Å². The van der Waals surface area contributed by atoms with Gasteiger partial charge in [0.2, 0.25) is 0 Å². The van der Waals surface area contributed by atoms with Crippen LogP contribution in [0, 0.1) is 18.3 Å². The quantitative estimate of drug-likeness (QED) is 0.478. The number of amides is 1. The van der Waals surface area contributed by atoms with Crippen molar-refractivity contribution in [3.05, 3.63) is 58.1 Å². The summed E-state index contributed by atoms with van der Waals surface area (Å²) in [6.07, 6.45) is 2.31. The fourth-order valence-electron chi connectivity index (χ4n) is 2.50. The summed E-state index contributed by atoms with van der Waals surface area (Å²) in [5.41, 5.74) is 2.11. The zero-order chi connectivity index (χ0) is 20.5. The van der Waals surface area contributed by atoms with E-state index in [0.29, 0.717) is 41.0 Å². The summed E-state index contributed by atoms with van der Waals surface area (Å²) in [4.78, 5) is 12.5. The standard InChI is InChI=1S/C22H23ClN2O3/c1-4-10-28-21-18(23)12-16(13-20(21)27-5-2)11-17(14-24)22(26)25-19-9-7-6-8-15(19)3/h6-9,11-13H,4-5,10H2,1-3H3,(H,25,26)/b17-11+. The number of carbonyl (C=O) groups is 1. The molecule has 0 aliphatic carbocycles. The number of para-hydroxylation sites is 1. The molecule has 28 heavy (non-hydrogen) atoms. The number of aryl methyl sites for hydroxylation is 1. The zero-order valence-electron chi connectivity index (χ0n) is 16.2. The van der Waals surface area contributed by atoms with Crippen LogP contribution < -0.4 is 14.8 Å². The second kappa shape index (κ2) is 10.4. The van der Waals surface area contributed by atoms with Crippen LogP contribution >= 0.6 is 11.6 Å². The van der Waals surface area contributed by atoms with Gasteiger partial charge in [-0.3, -0.25) is 4.79 Å². The largest absolute Gasteiger partial charge is 0.490 e. The lowest BCUT2D eigenvalue weighted by molar-refractivity contribution is -0.112.